The van der Waals surface area contributed by atoms with Gasteiger partial charge in [-0.2, -0.15) is 0 Å². The Morgan fingerprint density at radius 1 is 1.15 bits per heavy atom. The third-order valence-electron chi connectivity index (χ3n) is 5.61. The molecule has 172 valence electrons. The summed E-state index contributed by atoms with van der Waals surface area (Å²) < 4.78 is 12.6. The van der Waals surface area contributed by atoms with Gasteiger partial charge in [-0.15, -0.1) is 0 Å². The topological polar surface area (TPSA) is 112 Å². The Bertz CT molecular complexity index is 1250. The smallest absolute Gasteiger partial charge is 0.257 e. The highest BCUT2D eigenvalue weighted by Crippen LogP contribution is 2.35. The molecule has 1 unspecified atom stereocenters. The number of benzene rings is 1. The van der Waals surface area contributed by atoms with Crippen LogP contribution in [-0.4, -0.2) is 34.2 Å². The monoisotopic (exact) mass is 450 g/mol. The highest BCUT2D eigenvalue weighted by Gasteiger charge is 2.27. The van der Waals surface area contributed by atoms with Crippen molar-refractivity contribution in [3.05, 3.63) is 64.2 Å². The van der Waals surface area contributed by atoms with Crippen LogP contribution in [0.5, 0.6) is 11.5 Å². The average molecular weight is 450 g/mol. The summed E-state index contributed by atoms with van der Waals surface area (Å²) in [7, 11) is 0. The largest absolute Gasteiger partial charge is 0.454 e. The van der Waals surface area contributed by atoms with Crippen LogP contribution in [-0.2, 0) is 17.9 Å². The van der Waals surface area contributed by atoms with E-state index in [9.17, 15) is 14.4 Å². The van der Waals surface area contributed by atoms with Crippen molar-refractivity contribution < 1.29 is 19.1 Å². The normalized spacial score (nSPS) is 13.2. The highest BCUT2D eigenvalue weighted by molar-refractivity contribution is 6.00. The van der Waals surface area contributed by atoms with E-state index in [1.807, 2.05) is 25.3 Å². The molecule has 0 bridgehead atoms. The van der Waals surface area contributed by atoms with Gasteiger partial charge < -0.3 is 24.7 Å². The number of carbonyl (C=O) groups excluding carboxylic acids is 2. The zero-order chi connectivity index (χ0) is 23.5. The molecule has 0 spiro atoms. The van der Waals surface area contributed by atoms with Crippen molar-refractivity contribution in [3.8, 4) is 11.5 Å². The van der Waals surface area contributed by atoms with Gasteiger partial charge in [0.05, 0.1) is 10.9 Å². The molecule has 2 amide bonds. The minimum atomic E-state index is -0.804. The summed E-state index contributed by atoms with van der Waals surface area (Å²) >= 11 is 0. The van der Waals surface area contributed by atoms with Gasteiger partial charge in [0.25, 0.3) is 5.91 Å². The second-order valence-electron chi connectivity index (χ2n) is 8.15. The number of nitrogens with zero attached hydrogens (tertiary/aromatic N) is 2. The fraction of sp³-hybridized carbons (Fsp3) is 0.333. The van der Waals surface area contributed by atoms with Crippen LogP contribution in [0.4, 0.5) is 0 Å². The van der Waals surface area contributed by atoms with Gasteiger partial charge in [-0.25, -0.2) is 0 Å². The number of hydrogen-bond donors (Lipinski definition) is 2. The molecule has 3 aromatic rings. The lowest BCUT2D eigenvalue weighted by Crippen LogP contribution is -2.50. The van der Waals surface area contributed by atoms with Crippen LogP contribution in [0.2, 0.25) is 0 Å². The molecule has 0 saturated heterocycles. The third kappa shape index (κ3) is 4.52. The first-order valence-corrected chi connectivity index (χ1v) is 10.8. The second kappa shape index (κ2) is 9.32. The Hall–Kier alpha value is -3.88. The maximum Gasteiger partial charge on any atom is 0.257 e. The average Bonchev–Trinajstić information content (AvgIpc) is 3.28. The Balaban J connectivity index is 1.60. The van der Waals surface area contributed by atoms with Crippen LogP contribution in [0.3, 0.4) is 0 Å². The standard InChI is InChI=1S/C24H26N4O5/c1-4-28-12-17(22(29)16-9-19-20(10-18(16)28)33-13-32-19)23(30)27-21(14(2)3)24(31)26-11-15-5-7-25-8-6-15/h5-10,12,14,21H,4,11,13H2,1-3H3,(H,26,31)(H,27,30). The van der Waals surface area contributed by atoms with Gasteiger partial charge in [0.1, 0.15) is 11.6 Å². The highest BCUT2D eigenvalue weighted by atomic mass is 16.7. The number of aromatic nitrogens is 2. The molecule has 0 radical (unpaired) electrons. The zero-order valence-corrected chi connectivity index (χ0v) is 18.8. The van der Waals surface area contributed by atoms with E-state index in [2.05, 4.69) is 15.6 Å². The van der Waals surface area contributed by atoms with Gasteiger partial charge >= 0.3 is 0 Å². The van der Waals surface area contributed by atoms with Crippen molar-refractivity contribution in [3.63, 3.8) is 0 Å². The number of ether oxygens (including phenoxy) is 2. The third-order valence-corrected chi connectivity index (χ3v) is 5.61. The molecule has 3 heterocycles. The summed E-state index contributed by atoms with van der Waals surface area (Å²) in [6.45, 7) is 6.53. The molecule has 1 atom stereocenters. The van der Waals surface area contributed by atoms with Crippen molar-refractivity contribution in [2.75, 3.05) is 6.79 Å². The van der Waals surface area contributed by atoms with Gasteiger partial charge in [-0.3, -0.25) is 19.4 Å². The predicted molar refractivity (Wildman–Crippen MR) is 122 cm³/mol. The summed E-state index contributed by atoms with van der Waals surface area (Å²) in [4.78, 5) is 43.1. The Morgan fingerprint density at radius 3 is 2.52 bits per heavy atom. The molecule has 1 aliphatic heterocycles. The van der Waals surface area contributed by atoms with Gasteiger partial charge in [-0.1, -0.05) is 13.8 Å². The van der Waals surface area contributed by atoms with Gasteiger partial charge in [0.2, 0.25) is 18.1 Å². The van der Waals surface area contributed by atoms with Crippen LogP contribution in [0.25, 0.3) is 10.9 Å². The number of rotatable bonds is 7. The lowest BCUT2D eigenvalue weighted by molar-refractivity contribution is -0.124. The Morgan fingerprint density at radius 2 is 1.85 bits per heavy atom. The van der Waals surface area contributed by atoms with Crippen LogP contribution in [0.1, 0.15) is 36.7 Å². The minimum Gasteiger partial charge on any atom is -0.454 e. The van der Waals surface area contributed by atoms with Crippen LogP contribution in [0, 0.1) is 5.92 Å². The van der Waals surface area contributed by atoms with E-state index in [0.29, 0.717) is 35.5 Å². The summed E-state index contributed by atoms with van der Waals surface area (Å²) in [5, 5.41) is 5.94. The van der Waals surface area contributed by atoms with Crippen LogP contribution in [0.15, 0.2) is 47.7 Å². The maximum atomic E-state index is 13.2. The molecule has 9 heteroatoms. The minimum absolute atomic E-state index is 0.0317. The van der Waals surface area contributed by atoms with Crippen molar-refractivity contribution in [1.82, 2.24) is 20.2 Å². The molecule has 1 aromatic carbocycles. The van der Waals surface area contributed by atoms with E-state index in [1.54, 1.807) is 36.7 Å². The van der Waals surface area contributed by atoms with E-state index < -0.39 is 17.4 Å². The number of aryl methyl sites for hydroxylation is 1. The van der Waals surface area contributed by atoms with Crippen molar-refractivity contribution >= 4 is 22.7 Å². The molecule has 2 N–H and O–H groups in total. The van der Waals surface area contributed by atoms with E-state index in [-0.39, 0.29) is 24.2 Å². The zero-order valence-electron chi connectivity index (χ0n) is 18.8. The maximum absolute atomic E-state index is 13.2. The number of hydrogen-bond acceptors (Lipinski definition) is 6. The number of pyridine rings is 2. The summed E-state index contributed by atoms with van der Waals surface area (Å²) in [6.07, 6.45) is 4.82. The first-order valence-electron chi connectivity index (χ1n) is 10.8. The Kier molecular flexibility index (Phi) is 6.30. The molecule has 9 nitrogen and oxygen atoms in total. The number of carbonyl (C=O) groups is 2. The lowest BCUT2D eigenvalue weighted by Gasteiger charge is -2.22. The van der Waals surface area contributed by atoms with Crippen LogP contribution < -0.4 is 25.5 Å². The molecule has 33 heavy (non-hydrogen) atoms. The molecule has 4 rings (SSSR count). The second-order valence-corrected chi connectivity index (χ2v) is 8.15. The van der Waals surface area contributed by atoms with Crippen molar-refractivity contribution in [1.29, 1.82) is 0 Å². The molecule has 1 aliphatic rings. The summed E-state index contributed by atoms with van der Waals surface area (Å²) in [6, 6.07) is 6.15. The first kappa shape index (κ1) is 22.3. The van der Waals surface area contributed by atoms with E-state index in [4.69, 9.17) is 9.47 Å². The molecule has 0 saturated carbocycles. The van der Waals surface area contributed by atoms with E-state index in [1.165, 1.54) is 6.20 Å². The SMILES string of the molecule is CCn1cc(C(=O)NC(C(=O)NCc2ccncc2)C(C)C)c(=O)c2cc3c(cc21)OCO3. The fourth-order valence-corrected chi connectivity index (χ4v) is 3.76. The van der Waals surface area contributed by atoms with E-state index >= 15 is 0 Å². The van der Waals surface area contributed by atoms with Crippen molar-refractivity contribution in [2.45, 2.75) is 39.9 Å². The van der Waals surface area contributed by atoms with Crippen LogP contribution >= 0.6 is 0 Å². The Labute approximate surface area is 190 Å². The number of nitrogens with one attached hydrogen (secondary N) is 2. The summed E-state index contributed by atoms with van der Waals surface area (Å²) in [5.41, 5.74) is 1.09. The van der Waals surface area contributed by atoms with Gasteiger partial charge in [0, 0.05) is 37.7 Å². The summed E-state index contributed by atoms with van der Waals surface area (Å²) in [5.74, 6) is -0.0777. The van der Waals surface area contributed by atoms with Gasteiger partial charge in [0.15, 0.2) is 11.5 Å². The quantitative estimate of drug-likeness (QED) is 0.571. The number of amides is 2. The molecule has 2 aromatic heterocycles. The molecular formula is C24H26N4O5. The predicted octanol–water partition coefficient (Wildman–Crippen LogP) is 2.22. The van der Waals surface area contributed by atoms with Gasteiger partial charge in [-0.05, 0) is 36.6 Å². The molecule has 0 fully saturated rings. The molecular weight excluding hydrogens is 424 g/mol. The van der Waals surface area contributed by atoms with E-state index in [0.717, 1.165) is 5.56 Å². The first-order chi connectivity index (χ1) is 15.9. The van der Waals surface area contributed by atoms with Crippen molar-refractivity contribution in [2.24, 2.45) is 5.92 Å². The lowest BCUT2D eigenvalue weighted by atomic mass is 10.0. The fourth-order valence-electron chi connectivity index (χ4n) is 3.76. The number of fused-ring (bicyclic) bond motifs is 2. The molecule has 0 aliphatic carbocycles.